The van der Waals surface area contributed by atoms with E-state index in [2.05, 4.69) is 10.3 Å². The van der Waals surface area contributed by atoms with Crippen molar-refractivity contribution in [1.29, 1.82) is 0 Å². The summed E-state index contributed by atoms with van der Waals surface area (Å²) < 4.78 is 40.0. The van der Waals surface area contributed by atoms with E-state index in [0.29, 0.717) is 16.4 Å². The smallest absolute Gasteiger partial charge is 0.375 e. The van der Waals surface area contributed by atoms with Gasteiger partial charge in [0.25, 0.3) is 0 Å². The Balaban J connectivity index is 2.01. The maximum Gasteiger partial charge on any atom is 0.418 e. The standard InChI is InChI=1S/C15H14F3N3OS/c1-7-12(21-14(19)23-7)9-4-5-11(10(6-9)15(16,17)18)20-13(22)8-2-3-8/h4-6,8H,2-3H2,1H3,(H2,19,21)(H,20,22). The van der Waals surface area contributed by atoms with Gasteiger partial charge in [-0.05, 0) is 31.9 Å². The maximum absolute atomic E-state index is 13.3. The van der Waals surface area contributed by atoms with Gasteiger partial charge in [-0.2, -0.15) is 13.2 Å². The van der Waals surface area contributed by atoms with Crippen LogP contribution in [0.25, 0.3) is 11.3 Å². The fourth-order valence-electron chi connectivity index (χ4n) is 2.30. The van der Waals surface area contributed by atoms with Gasteiger partial charge in [-0.1, -0.05) is 6.07 Å². The quantitative estimate of drug-likeness (QED) is 0.884. The molecule has 1 aliphatic rings. The molecule has 0 bridgehead atoms. The minimum atomic E-state index is -4.57. The number of halogens is 3. The zero-order chi connectivity index (χ0) is 16.8. The highest BCUT2D eigenvalue weighted by Crippen LogP contribution is 2.40. The molecule has 0 saturated heterocycles. The van der Waals surface area contributed by atoms with Crippen molar-refractivity contribution in [3.63, 3.8) is 0 Å². The average molecular weight is 341 g/mol. The highest BCUT2D eigenvalue weighted by molar-refractivity contribution is 7.15. The van der Waals surface area contributed by atoms with Gasteiger partial charge < -0.3 is 11.1 Å². The maximum atomic E-state index is 13.3. The monoisotopic (exact) mass is 341 g/mol. The number of hydrogen-bond donors (Lipinski definition) is 2. The largest absolute Gasteiger partial charge is 0.418 e. The third-order valence-electron chi connectivity index (χ3n) is 3.62. The molecular weight excluding hydrogens is 327 g/mol. The van der Waals surface area contributed by atoms with Crippen LogP contribution >= 0.6 is 11.3 Å². The lowest BCUT2D eigenvalue weighted by Gasteiger charge is -2.15. The van der Waals surface area contributed by atoms with Gasteiger partial charge >= 0.3 is 6.18 Å². The van der Waals surface area contributed by atoms with E-state index in [1.165, 1.54) is 23.5 Å². The Bertz CT molecular complexity index is 766. The van der Waals surface area contributed by atoms with Gasteiger partial charge in [-0.3, -0.25) is 4.79 Å². The summed E-state index contributed by atoms with van der Waals surface area (Å²) in [6, 6.07) is 3.79. The predicted octanol–water partition coefficient (Wildman–Crippen LogP) is 4.07. The molecule has 1 aromatic heterocycles. The molecule has 1 aromatic carbocycles. The molecule has 2 aromatic rings. The van der Waals surface area contributed by atoms with E-state index in [1.54, 1.807) is 6.92 Å². The molecule has 1 fully saturated rings. The van der Waals surface area contributed by atoms with Gasteiger partial charge in [0, 0.05) is 16.4 Å². The second-order valence-corrected chi connectivity index (χ2v) is 6.71. The van der Waals surface area contributed by atoms with E-state index in [0.717, 1.165) is 23.8 Å². The first-order valence-electron chi connectivity index (χ1n) is 7.01. The number of thiazole rings is 1. The third-order valence-corrected chi connectivity index (χ3v) is 4.42. The second-order valence-electron chi connectivity index (χ2n) is 5.48. The van der Waals surface area contributed by atoms with Gasteiger partial charge in [-0.25, -0.2) is 4.98 Å². The number of carbonyl (C=O) groups excluding carboxylic acids is 1. The molecule has 8 heteroatoms. The summed E-state index contributed by atoms with van der Waals surface area (Å²) in [5, 5.41) is 2.68. The van der Waals surface area contributed by atoms with Gasteiger partial charge in [-0.15, -0.1) is 11.3 Å². The van der Waals surface area contributed by atoms with E-state index in [4.69, 9.17) is 5.73 Å². The van der Waals surface area contributed by atoms with Crippen LogP contribution in [0.5, 0.6) is 0 Å². The average Bonchev–Trinajstić information content (AvgIpc) is 3.24. The molecular formula is C15H14F3N3OS. The Morgan fingerprint density at radius 3 is 2.61 bits per heavy atom. The molecule has 4 nitrogen and oxygen atoms in total. The second kappa shape index (κ2) is 5.52. The predicted molar refractivity (Wildman–Crippen MR) is 83.1 cm³/mol. The van der Waals surface area contributed by atoms with Crippen LogP contribution in [0.4, 0.5) is 24.0 Å². The van der Waals surface area contributed by atoms with E-state index in [9.17, 15) is 18.0 Å². The normalized spacial score (nSPS) is 14.8. The van der Waals surface area contributed by atoms with Crippen LogP contribution in [-0.2, 0) is 11.0 Å². The minimum Gasteiger partial charge on any atom is -0.375 e. The van der Waals surface area contributed by atoms with Gasteiger partial charge in [0.2, 0.25) is 5.91 Å². The summed E-state index contributed by atoms with van der Waals surface area (Å²) in [4.78, 5) is 16.6. The number of anilines is 2. The molecule has 0 spiro atoms. The Kier molecular flexibility index (Phi) is 3.79. The van der Waals surface area contributed by atoms with Crippen LogP contribution in [0.15, 0.2) is 18.2 Å². The molecule has 0 unspecified atom stereocenters. The van der Waals surface area contributed by atoms with Crippen molar-refractivity contribution >= 4 is 28.1 Å². The third kappa shape index (κ3) is 3.31. The molecule has 3 N–H and O–H groups in total. The van der Waals surface area contributed by atoms with E-state index >= 15 is 0 Å². The number of nitrogen functional groups attached to an aromatic ring is 1. The molecule has 1 aliphatic carbocycles. The number of aryl methyl sites for hydroxylation is 1. The lowest BCUT2D eigenvalue weighted by atomic mass is 10.0. The van der Waals surface area contributed by atoms with Crippen LogP contribution in [0.3, 0.4) is 0 Å². The number of hydrogen-bond acceptors (Lipinski definition) is 4. The molecule has 1 saturated carbocycles. The lowest BCUT2D eigenvalue weighted by molar-refractivity contribution is -0.136. The highest BCUT2D eigenvalue weighted by Gasteiger charge is 2.36. The summed E-state index contributed by atoms with van der Waals surface area (Å²) in [5.74, 6) is -0.534. The van der Waals surface area contributed by atoms with Crippen LogP contribution in [0, 0.1) is 12.8 Å². The molecule has 0 atom stereocenters. The Morgan fingerprint density at radius 2 is 2.09 bits per heavy atom. The van der Waals surface area contributed by atoms with Crippen LogP contribution in [-0.4, -0.2) is 10.9 Å². The summed E-state index contributed by atoms with van der Waals surface area (Å²) in [6.07, 6.45) is -3.12. The molecule has 122 valence electrons. The van der Waals surface area contributed by atoms with Crippen molar-refractivity contribution in [2.24, 2.45) is 5.92 Å². The summed E-state index contributed by atoms with van der Waals surface area (Å²) in [6.45, 7) is 1.75. The first kappa shape index (κ1) is 15.8. The Hall–Kier alpha value is -2.09. The Morgan fingerprint density at radius 1 is 1.39 bits per heavy atom. The first-order chi connectivity index (χ1) is 10.8. The van der Waals surface area contributed by atoms with Gasteiger partial charge in [0.05, 0.1) is 16.9 Å². The topological polar surface area (TPSA) is 68.0 Å². The van der Waals surface area contributed by atoms with Gasteiger partial charge in [0.15, 0.2) is 5.13 Å². The number of nitrogens with one attached hydrogen (secondary N) is 1. The molecule has 3 rings (SSSR count). The summed E-state index contributed by atoms with van der Waals surface area (Å²) in [5.41, 5.74) is 5.26. The summed E-state index contributed by atoms with van der Waals surface area (Å²) in [7, 11) is 0. The molecule has 1 heterocycles. The molecule has 0 radical (unpaired) electrons. The van der Waals surface area contributed by atoms with Gasteiger partial charge in [0.1, 0.15) is 0 Å². The number of nitrogens with zero attached hydrogens (tertiary/aromatic N) is 1. The Labute approximate surface area is 134 Å². The fraction of sp³-hybridized carbons (Fsp3) is 0.333. The van der Waals surface area contributed by atoms with Crippen molar-refractivity contribution in [2.75, 3.05) is 11.1 Å². The molecule has 1 amide bonds. The number of carbonyl (C=O) groups is 1. The van der Waals surface area contributed by atoms with Crippen LogP contribution in [0.1, 0.15) is 23.3 Å². The van der Waals surface area contributed by atoms with Crippen LogP contribution in [0.2, 0.25) is 0 Å². The number of nitrogens with two attached hydrogens (primary N) is 1. The lowest BCUT2D eigenvalue weighted by Crippen LogP contribution is -2.17. The zero-order valence-electron chi connectivity index (χ0n) is 12.2. The highest BCUT2D eigenvalue weighted by atomic mass is 32.1. The van der Waals surface area contributed by atoms with Crippen molar-refractivity contribution in [1.82, 2.24) is 4.98 Å². The van der Waals surface area contributed by atoms with E-state index in [-0.39, 0.29) is 17.5 Å². The first-order valence-corrected chi connectivity index (χ1v) is 7.82. The van der Waals surface area contributed by atoms with Crippen molar-refractivity contribution < 1.29 is 18.0 Å². The van der Waals surface area contributed by atoms with Crippen LogP contribution < -0.4 is 11.1 Å². The summed E-state index contributed by atoms with van der Waals surface area (Å²) >= 11 is 1.22. The van der Waals surface area contributed by atoms with Crippen molar-refractivity contribution in [2.45, 2.75) is 25.9 Å². The van der Waals surface area contributed by atoms with E-state index < -0.39 is 11.7 Å². The minimum absolute atomic E-state index is 0.170. The SMILES string of the molecule is Cc1sc(N)nc1-c1ccc(NC(=O)C2CC2)c(C(F)(F)F)c1. The molecule has 0 aliphatic heterocycles. The fourth-order valence-corrected chi connectivity index (χ4v) is 3.01. The van der Waals surface area contributed by atoms with Crippen molar-refractivity contribution in [3.05, 3.63) is 28.6 Å². The number of rotatable bonds is 3. The van der Waals surface area contributed by atoms with E-state index in [1.807, 2.05) is 0 Å². The van der Waals surface area contributed by atoms with Crippen molar-refractivity contribution in [3.8, 4) is 11.3 Å². The molecule has 23 heavy (non-hydrogen) atoms. The number of benzene rings is 1. The number of aromatic nitrogens is 1. The number of alkyl halides is 3. The number of amides is 1. The zero-order valence-corrected chi connectivity index (χ0v) is 13.0.